The molecule has 0 saturated heterocycles. The maximum absolute atomic E-state index is 14.2. The Bertz CT molecular complexity index is 1470. The van der Waals surface area contributed by atoms with Gasteiger partial charge in [0, 0.05) is 11.6 Å². The lowest BCUT2D eigenvalue weighted by atomic mass is 10.0. The second-order valence-corrected chi connectivity index (χ2v) is 10.6. The van der Waals surface area contributed by atoms with Gasteiger partial charge in [0.25, 0.3) is 5.91 Å². The van der Waals surface area contributed by atoms with Crippen LogP contribution in [0.3, 0.4) is 0 Å². The van der Waals surface area contributed by atoms with E-state index in [4.69, 9.17) is 52.1 Å². The van der Waals surface area contributed by atoms with Crippen LogP contribution in [0.4, 0.5) is 39.0 Å². The van der Waals surface area contributed by atoms with E-state index < -0.39 is 67.8 Å². The highest BCUT2D eigenvalue weighted by Gasteiger charge is 2.67. The molecule has 1 fully saturated rings. The van der Waals surface area contributed by atoms with E-state index in [1.165, 1.54) is 24.3 Å². The fourth-order valence-corrected chi connectivity index (χ4v) is 5.13. The number of carbonyl (C=O) groups excluding carboxylic acids is 2. The minimum Gasteiger partial charge on any atom is -0.394 e. The second-order valence-electron chi connectivity index (χ2n) is 8.33. The molecule has 0 heterocycles. The molecule has 0 spiro atoms. The summed E-state index contributed by atoms with van der Waals surface area (Å²) in [5, 5.41) is 4.12. The van der Waals surface area contributed by atoms with Gasteiger partial charge in [0.05, 0.1) is 32.8 Å². The maximum atomic E-state index is 14.2. The third kappa shape index (κ3) is 5.36. The highest BCUT2D eigenvalue weighted by Crippen LogP contribution is 2.65. The summed E-state index contributed by atoms with van der Waals surface area (Å²) < 4.78 is 65.7. The Balaban J connectivity index is 1.53. The van der Waals surface area contributed by atoms with Crippen LogP contribution >= 0.6 is 46.4 Å². The van der Waals surface area contributed by atoms with E-state index in [2.05, 4.69) is 10.6 Å². The summed E-state index contributed by atoms with van der Waals surface area (Å²) in [7, 11) is 0. The molecular formula is C24H14Cl4F5N3O2. The number of nitrogens with two attached hydrogens (primary N) is 1. The number of alkyl halides is 5. The van der Waals surface area contributed by atoms with Gasteiger partial charge in [-0.1, -0.05) is 29.3 Å². The summed E-state index contributed by atoms with van der Waals surface area (Å²) in [5.41, 5.74) is 2.93. The predicted octanol–water partition coefficient (Wildman–Crippen LogP) is 7.65. The van der Waals surface area contributed by atoms with Crippen LogP contribution in [-0.2, 0) is 11.0 Å². The van der Waals surface area contributed by atoms with Gasteiger partial charge >= 0.3 is 6.18 Å². The van der Waals surface area contributed by atoms with Gasteiger partial charge in [0.15, 0.2) is 5.82 Å². The quantitative estimate of drug-likeness (QED) is 0.157. The van der Waals surface area contributed by atoms with Gasteiger partial charge in [-0.25, -0.2) is 8.78 Å². The first-order chi connectivity index (χ1) is 17.6. The van der Waals surface area contributed by atoms with Gasteiger partial charge in [-0.2, -0.15) is 13.2 Å². The first kappa shape index (κ1) is 28.2. The van der Waals surface area contributed by atoms with Crippen LogP contribution in [0.2, 0.25) is 10.0 Å². The molecule has 200 valence electrons. The van der Waals surface area contributed by atoms with E-state index in [0.29, 0.717) is 0 Å². The lowest BCUT2D eigenvalue weighted by molar-refractivity contribution is -0.137. The molecule has 4 rings (SSSR count). The number of nitrogens with one attached hydrogen (secondary N) is 2. The second kappa shape index (κ2) is 10.1. The fraction of sp³-hybridized carbons (Fsp3) is 0.167. The Labute approximate surface area is 232 Å². The molecule has 2 amide bonds. The average molecular weight is 613 g/mol. The van der Waals surface area contributed by atoms with Crippen LogP contribution in [0.1, 0.15) is 27.4 Å². The van der Waals surface area contributed by atoms with E-state index in [9.17, 15) is 31.5 Å². The molecule has 4 N–H and O–H groups in total. The van der Waals surface area contributed by atoms with Crippen molar-refractivity contribution in [1.82, 2.24) is 0 Å². The minimum atomic E-state index is -4.73. The van der Waals surface area contributed by atoms with Crippen LogP contribution in [0.15, 0.2) is 48.5 Å². The molecular weight excluding hydrogens is 599 g/mol. The van der Waals surface area contributed by atoms with Gasteiger partial charge in [-0.3, -0.25) is 9.59 Å². The number of carbonyl (C=O) groups is 2. The molecule has 38 heavy (non-hydrogen) atoms. The summed E-state index contributed by atoms with van der Waals surface area (Å²) in [6.07, 6.45) is -4.73. The zero-order valence-electron chi connectivity index (χ0n) is 18.6. The molecule has 3 aromatic rings. The number of amides is 2. The minimum absolute atomic E-state index is 0.0589. The Hall–Kier alpha value is -2.79. The third-order valence-electron chi connectivity index (χ3n) is 5.84. The molecule has 1 unspecified atom stereocenters. The summed E-state index contributed by atoms with van der Waals surface area (Å²) in [4.78, 5) is 25.6. The summed E-state index contributed by atoms with van der Waals surface area (Å²) in [6.45, 7) is 0. The van der Waals surface area contributed by atoms with E-state index >= 15 is 0 Å². The Morgan fingerprint density at radius 1 is 0.921 bits per heavy atom. The van der Waals surface area contributed by atoms with Crippen molar-refractivity contribution in [3.8, 4) is 0 Å². The van der Waals surface area contributed by atoms with Crippen LogP contribution in [0, 0.1) is 17.6 Å². The SMILES string of the molecule is Nc1c(F)ccc(NC(=O)c2cc(NC(=O)C3[C@H](c4ccc(Cl)c(C(F)(F)F)c4)C3(Cl)Cl)ccc2Cl)c1F. The molecule has 0 radical (unpaired) electrons. The molecule has 0 aromatic heterocycles. The number of hydrogen-bond donors (Lipinski definition) is 3. The van der Waals surface area contributed by atoms with Crippen LogP contribution in [0.25, 0.3) is 0 Å². The van der Waals surface area contributed by atoms with Crippen molar-refractivity contribution in [2.45, 2.75) is 16.4 Å². The molecule has 3 aromatic carbocycles. The highest BCUT2D eigenvalue weighted by molar-refractivity contribution is 6.53. The van der Waals surface area contributed by atoms with Crippen molar-refractivity contribution >= 4 is 75.3 Å². The van der Waals surface area contributed by atoms with Crippen molar-refractivity contribution in [3.63, 3.8) is 0 Å². The van der Waals surface area contributed by atoms with Crippen LogP contribution in [0.5, 0.6) is 0 Å². The average Bonchev–Trinajstić information content (AvgIpc) is 3.42. The fourth-order valence-electron chi connectivity index (χ4n) is 3.87. The van der Waals surface area contributed by atoms with Gasteiger partial charge in [-0.05, 0) is 48.0 Å². The topological polar surface area (TPSA) is 84.2 Å². The van der Waals surface area contributed by atoms with E-state index in [0.717, 1.165) is 24.3 Å². The van der Waals surface area contributed by atoms with E-state index in [1.54, 1.807) is 0 Å². The van der Waals surface area contributed by atoms with Gasteiger partial charge < -0.3 is 16.4 Å². The number of nitrogen functional groups attached to an aromatic ring is 1. The standard InChI is InChI=1S/C24H14Cl4F5N3O2/c25-13-4-2-10(8-11(13)21(37)36-16-6-5-15(29)20(34)19(16)30)35-22(38)18-17(23(18,27)28)9-1-3-14(26)12(7-9)24(31,32)33/h1-8,17-18H,34H2,(H,35,38)(H,36,37)/t17-,18?/m0/s1. The Morgan fingerprint density at radius 3 is 2.24 bits per heavy atom. The van der Waals surface area contributed by atoms with Crippen molar-refractivity contribution in [1.29, 1.82) is 0 Å². The molecule has 2 atom stereocenters. The monoisotopic (exact) mass is 611 g/mol. The molecule has 14 heteroatoms. The van der Waals surface area contributed by atoms with Crippen molar-refractivity contribution in [3.05, 3.63) is 86.9 Å². The molecule has 1 saturated carbocycles. The number of benzene rings is 3. The zero-order valence-corrected chi connectivity index (χ0v) is 21.6. The lowest BCUT2D eigenvalue weighted by Crippen LogP contribution is -2.18. The number of anilines is 3. The molecule has 5 nitrogen and oxygen atoms in total. The molecule has 0 bridgehead atoms. The van der Waals surface area contributed by atoms with E-state index in [-0.39, 0.29) is 21.8 Å². The first-order valence-electron chi connectivity index (χ1n) is 10.5. The van der Waals surface area contributed by atoms with Gasteiger partial charge in [0.2, 0.25) is 5.91 Å². The van der Waals surface area contributed by atoms with Gasteiger partial charge in [0.1, 0.15) is 15.8 Å². The first-order valence-corrected chi connectivity index (χ1v) is 12.0. The van der Waals surface area contributed by atoms with Crippen molar-refractivity contribution < 1.29 is 31.5 Å². The van der Waals surface area contributed by atoms with Crippen molar-refractivity contribution in [2.24, 2.45) is 5.92 Å². The normalized spacial score (nSPS) is 18.1. The van der Waals surface area contributed by atoms with Crippen molar-refractivity contribution in [2.75, 3.05) is 16.4 Å². The Morgan fingerprint density at radius 2 is 1.58 bits per heavy atom. The highest BCUT2D eigenvalue weighted by atomic mass is 35.5. The maximum Gasteiger partial charge on any atom is 0.417 e. The number of halogens is 9. The van der Waals surface area contributed by atoms with Crippen LogP contribution < -0.4 is 16.4 Å². The molecule has 1 aliphatic carbocycles. The summed E-state index contributed by atoms with van der Waals surface area (Å²) in [6, 6.07) is 8.74. The smallest absolute Gasteiger partial charge is 0.394 e. The summed E-state index contributed by atoms with van der Waals surface area (Å²) >= 11 is 24.2. The zero-order chi connectivity index (χ0) is 28.2. The number of hydrogen-bond acceptors (Lipinski definition) is 3. The predicted molar refractivity (Wildman–Crippen MR) is 136 cm³/mol. The largest absolute Gasteiger partial charge is 0.417 e. The van der Waals surface area contributed by atoms with Gasteiger partial charge in [-0.15, -0.1) is 23.2 Å². The summed E-state index contributed by atoms with van der Waals surface area (Å²) in [5.74, 6) is -5.96. The molecule has 1 aliphatic rings. The molecule has 0 aliphatic heterocycles. The number of rotatable bonds is 5. The Kier molecular flexibility index (Phi) is 7.48. The lowest BCUT2D eigenvalue weighted by Gasteiger charge is -2.12. The van der Waals surface area contributed by atoms with E-state index in [1.807, 2.05) is 0 Å². The van der Waals surface area contributed by atoms with Crippen LogP contribution in [-0.4, -0.2) is 16.1 Å². The third-order valence-corrected chi connectivity index (χ3v) is 7.44.